The van der Waals surface area contributed by atoms with Gasteiger partial charge in [-0.2, -0.15) is 25.3 Å². The largest absolute Gasteiger partial charge is 0.548 e. The van der Waals surface area contributed by atoms with Crippen LogP contribution in [0.5, 0.6) is 0 Å². The minimum absolute atomic E-state index is 0.00205. The van der Waals surface area contributed by atoms with Gasteiger partial charge in [0.05, 0.1) is 16.8 Å². The van der Waals surface area contributed by atoms with E-state index in [1.165, 1.54) is 0 Å². The Morgan fingerprint density at radius 2 is 2.00 bits per heavy atom. The first kappa shape index (κ1) is 12.6. The van der Waals surface area contributed by atoms with E-state index in [1.807, 2.05) is 0 Å². The second kappa shape index (κ2) is 4.76. The van der Waals surface area contributed by atoms with Gasteiger partial charge in [0, 0.05) is 5.75 Å². The highest BCUT2D eigenvalue weighted by molar-refractivity contribution is 7.82. The summed E-state index contributed by atoms with van der Waals surface area (Å²) in [6.45, 7) is 3.13. The summed E-state index contributed by atoms with van der Waals surface area (Å²) in [5, 5.41) is 12.6. The number of aliphatic carboxylic acids is 1. The van der Waals surface area contributed by atoms with Crippen LogP contribution in [0.3, 0.4) is 0 Å². The van der Waals surface area contributed by atoms with Crippen molar-refractivity contribution in [3.63, 3.8) is 0 Å². The van der Waals surface area contributed by atoms with Gasteiger partial charge in [0.25, 0.3) is 0 Å². The lowest BCUT2D eigenvalue weighted by Crippen LogP contribution is -2.52. The number of nitrogens with one attached hydrogen (secondary N) is 1. The molecule has 1 N–H and O–H groups in total. The molecule has 0 heterocycles. The minimum Gasteiger partial charge on any atom is -0.548 e. The Morgan fingerprint density at radius 1 is 1.54 bits per heavy atom. The lowest BCUT2D eigenvalue weighted by molar-refractivity contribution is -0.307. The molecule has 13 heavy (non-hydrogen) atoms. The van der Waals surface area contributed by atoms with Crippen molar-refractivity contribution in [3.8, 4) is 0 Å². The van der Waals surface area contributed by atoms with Crippen molar-refractivity contribution in [3.05, 3.63) is 0 Å². The van der Waals surface area contributed by atoms with Crippen LogP contribution in [0.4, 0.5) is 0 Å². The van der Waals surface area contributed by atoms with Gasteiger partial charge in [0.15, 0.2) is 0 Å². The van der Waals surface area contributed by atoms with Crippen LogP contribution in [-0.2, 0) is 9.59 Å². The van der Waals surface area contributed by atoms with Crippen LogP contribution in [0.25, 0.3) is 0 Å². The fraction of sp³-hybridized carbons (Fsp3) is 0.714. The Labute approximate surface area is 87.9 Å². The summed E-state index contributed by atoms with van der Waals surface area (Å²) >= 11 is 7.75. The molecule has 0 aliphatic heterocycles. The second-order valence-corrected chi connectivity index (χ2v) is 4.57. The summed E-state index contributed by atoms with van der Waals surface area (Å²) in [6.07, 6.45) is 0. The maximum Gasteiger partial charge on any atom is 0.235 e. The van der Waals surface area contributed by atoms with Crippen LogP contribution >= 0.6 is 25.3 Å². The smallest absolute Gasteiger partial charge is 0.235 e. The van der Waals surface area contributed by atoms with Gasteiger partial charge >= 0.3 is 0 Å². The maximum atomic E-state index is 11.2. The summed E-state index contributed by atoms with van der Waals surface area (Å²) in [7, 11) is 0. The van der Waals surface area contributed by atoms with Gasteiger partial charge in [0.1, 0.15) is 0 Å². The van der Waals surface area contributed by atoms with E-state index in [9.17, 15) is 14.7 Å². The third-order valence-corrected chi connectivity index (χ3v) is 1.90. The van der Waals surface area contributed by atoms with Gasteiger partial charge in [-0.25, -0.2) is 0 Å². The van der Waals surface area contributed by atoms with Gasteiger partial charge in [-0.05, 0) is 13.8 Å². The summed E-state index contributed by atoms with van der Waals surface area (Å²) in [5.74, 6) is -1.81. The standard InChI is InChI=1S/C7H13NO3S2/c1-7(2,13)6(11)8-4(3-12)5(9)10/h4,12-13H,3H2,1-2H3,(H,8,11)(H,9,10)/p-1/t4-/m0/s1. The fourth-order valence-corrected chi connectivity index (χ4v) is 0.819. The van der Waals surface area contributed by atoms with Crippen molar-refractivity contribution in [1.82, 2.24) is 5.32 Å². The first-order chi connectivity index (χ1) is 5.79. The Balaban J connectivity index is 4.26. The maximum absolute atomic E-state index is 11.2. The molecule has 0 aliphatic rings. The average Bonchev–Trinajstić information content (AvgIpc) is 1.96. The molecular weight excluding hydrogens is 210 g/mol. The molecule has 0 saturated heterocycles. The molecule has 0 spiro atoms. The average molecular weight is 222 g/mol. The molecule has 1 amide bonds. The summed E-state index contributed by atoms with van der Waals surface area (Å²) in [4.78, 5) is 21.6. The number of hydrogen-bond acceptors (Lipinski definition) is 5. The van der Waals surface area contributed by atoms with Gasteiger partial charge in [-0.1, -0.05) is 0 Å². The van der Waals surface area contributed by atoms with E-state index >= 15 is 0 Å². The molecule has 1 atom stereocenters. The molecule has 0 aliphatic carbocycles. The molecule has 0 aromatic heterocycles. The molecule has 6 heteroatoms. The normalized spacial score (nSPS) is 13.5. The Morgan fingerprint density at radius 3 is 2.23 bits per heavy atom. The first-order valence-electron chi connectivity index (χ1n) is 3.64. The van der Waals surface area contributed by atoms with Crippen LogP contribution in [0.2, 0.25) is 0 Å². The molecule has 76 valence electrons. The number of carbonyl (C=O) groups is 2. The van der Waals surface area contributed by atoms with E-state index in [-0.39, 0.29) is 5.75 Å². The topological polar surface area (TPSA) is 69.2 Å². The van der Waals surface area contributed by atoms with Crippen LogP contribution in [-0.4, -0.2) is 28.4 Å². The highest BCUT2D eigenvalue weighted by Crippen LogP contribution is 2.11. The zero-order chi connectivity index (χ0) is 10.6. The quantitative estimate of drug-likeness (QED) is 0.527. The van der Waals surface area contributed by atoms with Crippen molar-refractivity contribution in [2.75, 3.05) is 5.75 Å². The van der Waals surface area contributed by atoms with Crippen LogP contribution < -0.4 is 10.4 Å². The van der Waals surface area contributed by atoms with E-state index in [1.54, 1.807) is 13.8 Å². The molecule has 0 aromatic carbocycles. The highest BCUT2D eigenvalue weighted by atomic mass is 32.1. The number of carboxylic acid groups (broad SMARTS) is 1. The zero-order valence-corrected chi connectivity index (χ0v) is 9.19. The monoisotopic (exact) mass is 222 g/mol. The Kier molecular flexibility index (Phi) is 4.63. The Bertz CT molecular complexity index is 212. The predicted molar refractivity (Wildman–Crippen MR) is 53.9 cm³/mol. The van der Waals surface area contributed by atoms with Crippen LogP contribution in [0, 0.1) is 0 Å². The third kappa shape index (κ3) is 4.42. The Hall–Kier alpha value is -0.360. The minimum atomic E-state index is -1.35. The van der Waals surface area contributed by atoms with Crippen molar-refractivity contribution >= 4 is 37.1 Å². The molecule has 0 aromatic rings. The molecule has 0 bridgehead atoms. The predicted octanol–water partition coefficient (Wildman–Crippen LogP) is -1.14. The van der Waals surface area contributed by atoms with Crippen molar-refractivity contribution < 1.29 is 14.7 Å². The number of carboxylic acids is 1. The summed E-state index contributed by atoms with van der Waals surface area (Å²) in [6, 6.07) is -1.07. The van der Waals surface area contributed by atoms with E-state index < -0.39 is 22.7 Å². The van der Waals surface area contributed by atoms with E-state index in [0.29, 0.717) is 0 Å². The molecule has 0 fully saturated rings. The molecule has 0 saturated carbocycles. The third-order valence-electron chi connectivity index (χ3n) is 1.33. The number of hydrogen-bond donors (Lipinski definition) is 3. The number of thiol groups is 2. The van der Waals surface area contributed by atoms with E-state index in [2.05, 4.69) is 30.6 Å². The molecule has 0 radical (unpaired) electrons. The fourth-order valence-electron chi connectivity index (χ4n) is 0.514. The van der Waals surface area contributed by atoms with Crippen LogP contribution in [0.1, 0.15) is 13.8 Å². The lowest BCUT2D eigenvalue weighted by atomic mass is 10.2. The number of amides is 1. The molecule has 0 unspecified atom stereocenters. The van der Waals surface area contributed by atoms with Gasteiger partial charge in [-0.3, -0.25) is 4.79 Å². The van der Waals surface area contributed by atoms with Crippen molar-refractivity contribution in [2.24, 2.45) is 0 Å². The molecule has 0 rings (SSSR count). The lowest BCUT2D eigenvalue weighted by Gasteiger charge is -2.23. The highest BCUT2D eigenvalue weighted by Gasteiger charge is 2.24. The van der Waals surface area contributed by atoms with Crippen LogP contribution in [0.15, 0.2) is 0 Å². The summed E-state index contributed by atoms with van der Waals surface area (Å²) in [5.41, 5.74) is 0. The number of rotatable bonds is 4. The molecule has 4 nitrogen and oxygen atoms in total. The summed E-state index contributed by atoms with van der Waals surface area (Å²) < 4.78 is -0.906. The van der Waals surface area contributed by atoms with E-state index in [4.69, 9.17) is 0 Å². The SMILES string of the molecule is CC(C)(S)C(=O)N[C@@H](CS)C(=O)[O-]. The van der Waals surface area contributed by atoms with Gasteiger partial charge in [-0.15, -0.1) is 0 Å². The van der Waals surface area contributed by atoms with Gasteiger partial charge < -0.3 is 15.2 Å². The van der Waals surface area contributed by atoms with E-state index in [0.717, 1.165) is 0 Å². The van der Waals surface area contributed by atoms with Gasteiger partial charge in [0.2, 0.25) is 5.91 Å². The van der Waals surface area contributed by atoms with Crippen molar-refractivity contribution in [2.45, 2.75) is 24.6 Å². The number of carbonyl (C=O) groups excluding carboxylic acids is 2. The van der Waals surface area contributed by atoms with Crippen molar-refractivity contribution in [1.29, 1.82) is 0 Å². The second-order valence-electron chi connectivity index (χ2n) is 3.09. The zero-order valence-electron chi connectivity index (χ0n) is 7.40. The first-order valence-corrected chi connectivity index (χ1v) is 4.72. The molecular formula is C7H12NO3S2-.